The molecule has 22 heavy (non-hydrogen) atoms. The average molecular weight is 307 g/mol. The van der Waals surface area contributed by atoms with Crippen LogP contribution in [0.3, 0.4) is 0 Å². The van der Waals surface area contributed by atoms with Gasteiger partial charge in [-0.05, 0) is 12.1 Å². The Morgan fingerprint density at radius 1 is 1.27 bits per heavy atom. The standard InChI is InChI=1S/C15H21N3O4/c1-17(2)15(20)16-10-7-14(19)18(9-10)11-5-6-12(21-3)13(8-11)22-4/h5-6,8,10H,7,9H2,1-4H3,(H,16,20)/t10-/m1/s1. The number of ether oxygens (including phenoxy) is 2. The molecule has 3 amide bonds. The summed E-state index contributed by atoms with van der Waals surface area (Å²) in [5.41, 5.74) is 0.726. The number of nitrogens with one attached hydrogen (secondary N) is 1. The predicted molar refractivity (Wildman–Crippen MR) is 82.5 cm³/mol. The smallest absolute Gasteiger partial charge is 0.317 e. The molecule has 1 aromatic carbocycles. The molecule has 0 aliphatic carbocycles. The number of methoxy groups -OCH3 is 2. The molecule has 1 aromatic rings. The van der Waals surface area contributed by atoms with Crippen LogP contribution in [0, 0.1) is 0 Å². The third-order valence-electron chi connectivity index (χ3n) is 3.54. The molecule has 1 heterocycles. The van der Waals surface area contributed by atoms with Crippen LogP contribution >= 0.6 is 0 Å². The summed E-state index contributed by atoms with van der Waals surface area (Å²) in [6, 6.07) is 4.91. The van der Waals surface area contributed by atoms with Crippen molar-refractivity contribution in [2.24, 2.45) is 0 Å². The molecule has 0 radical (unpaired) electrons. The van der Waals surface area contributed by atoms with Crippen molar-refractivity contribution in [2.75, 3.05) is 39.8 Å². The van der Waals surface area contributed by atoms with Gasteiger partial charge in [0.05, 0.1) is 20.3 Å². The maximum atomic E-state index is 12.2. The minimum Gasteiger partial charge on any atom is -0.493 e. The fourth-order valence-corrected chi connectivity index (χ4v) is 2.35. The molecule has 1 N–H and O–H groups in total. The van der Waals surface area contributed by atoms with E-state index < -0.39 is 0 Å². The summed E-state index contributed by atoms with van der Waals surface area (Å²) >= 11 is 0. The van der Waals surface area contributed by atoms with E-state index in [0.717, 1.165) is 5.69 Å². The van der Waals surface area contributed by atoms with Crippen LogP contribution in [0.2, 0.25) is 0 Å². The molecule has 0 bridgehead atoms. The Kier molecular flexibility index (Phi) is 4.75. The zero-order valence-electron chi connectivity index (χ0n) is 13.3. The van der Waals surface area contributed by atoms with E-state index in [9.17, 15) is 9.59 Å². The summed E-state index contributed by atoms with van der Waals surface area (Å²) in [5, 5.41) is 2.83. The molecule has 0 aromatic heterocycles. The van der Waals surface area contributed by atoms with Gasteiger partial charge >= 0.3 is 6.03 Å². The van der Waals surface area contributed by atoms with Gasteiger partial charge in [0.1, 0.15) is 0 Å². The number of hydrogen-bond acceptors (Lipinski definition) is 4. The Labute approximate surface area is 129 Å². The molecule has 7 heteroatoms. The van der Waals surface area contributed by atoms with Crippen molar-refractivity contribution < 1.29 is 19.1 Å². The fraction of sp³-hybridized carbons (Fsp3) is 0.467. The lowest BCUT2D eigenvalue weighted by Crippen LogP contribution is -2.42. The Bertz CT molecular complexity index is 574. The quantitative estimate of drug-likeness (QED) is 0.903. The number of hydrogen-bond donors (Lipinski definition) is 1. The first-order valence-electron chi connectivity index (χ1n) is 6.96. The van der Waals surface area contributed by atoms with Crippen LogP contribution in [-0.2, 0) is 4.79 Å². The molecule has 1 saturated heterocycles. The highest BCUT2D eigenvalue weighted by atomic mass is 16.5. The van der Waals surface area contributed by atoms with Crippen molar-refractivity contribution in [1.82, 2.24) is 10.2 Å². The van der Waals surface area contributed by atoms with Crippen molar-refractivity contribution in [2.45, 2.75) is 12.5 Å². The first kappa shape index (κ1) is 15.9. The van der Waals surface area contributed by atoms with Crippen LogP contribution in [0.1, 0.15) is 6.42 Å². The van der Waals surface area contributed by atoms with Crippen molar-refractivity contribution in [3.63, 3.8) is 0 Å². The average Bonchev–Trinajstić information content (AvgIpc) is 2.86. The number of carbonyl (C=O) groups is 2. The van der Waals surface area contributed by atoms with Crippen molar-refractivity contribution in [3.05, 3.63) is 18.2 Å². The van der Waals surface area contributed by atoms with Gasteiger partial charge in [-0.25, -0.2) is 4.79 Å². The van der Waals surface area contributed by atoms with E-state index in [-0.39, 0.29) is 24.4 Å². The molecule has 1 atom stereocenters. The summed E-state index contributed by atoms with van der Waals surface area (Å²) in [6.45, 7) is 0.438. The molecule has 1 fully saturated rings. The monoisotopic (exact) mass is 307 g/mol. The van der Waals surface area contributed by atoms with Gasteiger partial charge in [0.25, 0.3) is 0 Å². The second-order valence-corrected chi connectivity index (χ2v) is 5.29. The number of anilines is 1. The lowest BCUT2D eigenvalue weighted by Gasteiger charge is -2.20. The number of urea groups is 1. The minimum atomic E-state index is -0.202. The van der Waals surface area contributed by atoms with Gasteiger partial charge in [-0.15, -0.1) is 0 Å². The van der Waals surface area contributed by atoms with Crippen LogP contribution in [0.25, 0.3) is 0 Å². The van der Waals surface area contributed by atoms with E-state index in [2.05, 4.69) is 5.32 Å². The van der Waals surface area contributed by atoms with E-state index >= 15 is 0 Å². The van der Waals surface area contributed by atoms with Crippen LogP contribution < -0.4 is 19.7 Å². The van der Waals surface area contributed by atoms with Gasteiger partial charge in [0, 0.05) is 38.8 Å². The third kappa shape index (κ3) is 3.24. The summed E-state index contributed by atoms with van der Waals surface area (Å²) < 4.78 is 10.4. The Balaban J connectivity index is 2.13. The van der Waals surface area contributed by atoms with Gasteiger partial charge in [-0.3, -0.25) is 4.79 Å². The van der Waals surface area contributed by atoms with E-state index in [1.54, 1.807) is 51.4 Å². The topological polar surface area (TPSA) is 71.1 Å². The number of carbonyl (C=O) groups excluding carboxylic acids is 2. The maximum Gasteiger partial charge on any atom is 0.317 e. The fourth-order valence-electron chi connectivity index (χ4n) is 2.35. The normalized spacial score (nSPS) is 17.4. The highest BCUT2D eigenvalue weighted by Crippen LogP contribution is 2.33. The van der Waals surface area contributed by atoms with Crippen LogP contribution in [0.15, 0.2) is 18.2 Å². The van der Waals surface area contributed by atoms with Crippen LogP contribution in [0.4, 0.5) is 10.5 Å². The van der Waals surface area contributed by atoms with Crippen LogP contribution in [0.5, 0.6) is 11.5 Å². The number of amides is 3. The third-order valence-corrected chi connectivity index (χ3v) is 3.54. The predicted octanol–water partition coefficient (Wildman–Crippen LogP) is 1.08. The molecule has 120 valence electrons. The first-order chi connectivity index (χ1) is 10.5. The lowest BCUT2D eigenvalue weighted by molar-refractivity contribution is -0.117. The SMILES string of the molecule is COc1ccc(N2C[C@H](NC(=O)N(C)C)CC2=O)cc1OC. The molecule has 7 nitrogen and oxygen atoms in total. The number of rotatable bonds is 4. The molecule has 0 saturated carbocycles. The summed E-state index contributed by atoms with van der Waals surface area (Å²) in [4.78, 5) is 26.9. The summed E-state index contributed by atoms with van der Waals surface area (Å²) in [6.07, 6.45) is 0.286. The molecular formula is C15H21N3O4. The second kappa shape index (κ2) is 6.55. The Hall–Kier alpha value is -2.44. The molecule has 1 aliphatic heterocycles. The highest BCUT2D eigenvalue weighted by Gasteiger charge is 2.32. The Morgan fingerprint density at radius 3 is 2.55 bits per heavy atom. The van der Waals surface area contributed by atoms with Gasteiger partial charge < -0.3 is 24.6 Å². The van der Waals surface area contributed by atoms with E-state index in [1.807, 2.05) is 0 Å². The highest BCUT2D eigenvalue weighted by molar-refractivity contribution is 5.97. The second-order valence-electron chi connectivity index (χ2n) is 5.29. The maximum absolute atomic E-state index is 12.2. The van der Waals surface area contributed by atoms with Crippen molar-refractivity contribution in [1.29, 1.82) is 0 Å². The number of nitrogens with zero attached hydrogens (tertiary/aromatic N) is 2. The lowest BCUT2D eigenvalue weighted by atomic mass is 10.2. The van der Waals surface area contributed by atoms with Crippen molar-refractivity contribution in [3.8, 4) is 11.5 Å². The number of benzene rings is 1. The van der Waals surface area contributed by atoms with E-state index in [4.69, 9.17) is 9.47 Å². The minimum absolute atomic E-state index is 0.0312. The van der Waals surface area contributed by atoms with Gasteiger partial charge in [-0.2, -0.15) is 0 Å². The van der Waals surface area contributed by atoms with Gasteiger partial charge in [0.15, 0.2) is 11.5 Å². The summed E-state index contributed by atoms with van der Waals surface area (Å²) in [7, 11) is 6.44. The first-order valence-corrected chi connectivity index (χ1v) is 6.96. The van der Waals surface area contributed by atoms with Gasteiger partial charge in [-0.1, -0.05) is 0 Å². The molecule has 2 rings (SSSR count). The summed E-state index contributed by atoms with van der Waals surface area (Å²) in [5.74, 6) is 1.14. The zero-order valence-corrected chi connectivity index (χ0v) is 13.3. The van der Waals surface area contributed by atoms with E-state index in [0.29, 0.717) is 18.0 Å². The Morgan fingerprint density at radius 2 is 1.95 bits per heavy atom. The largest absolute Gasteiger partial charge is 0.493 e. The van der Waals surface area contributed by atoms with E-state index in [1.165, 1.54) is 4.90 Å². The molecule has 0 unspecified atom stereocenters. The van der Waals surface area contributed by atoms with Crippen LogP contribution in [-0.4, -0.2) is 57.7 Å². The molecule has 1 aliphatic rings. The molecular weight excluding hydrogens is 286 g/mol. The van der Waals surface area contributed by atoms with Gasteiger partial charge in [0.2, 0.25) is 5.91 Å². The molecule has 0 spiro atoms. The van der Waals surface area contributed by atoms with Crippen molar-refractivity contribution >= 4 is 17.6 Å². The zero-order chi connectivity index (χ0) is 16.3.